The molecule has 0 saturated heterocycles. The van der Waals surface area contributed by atoms with Crippen molar-refractivity contribution in [2.45, 2.75) is 38.6 Å². The summed E-state index contributed by atoms with van der Waals surface area (Å²) >= 11 is 0. The van der Waals surface area contributed by atoms with Crippen molar-refractivity contribution in [1.82, 2.24) is 5.32 Å². The molecule has 1 saturated carbocycles. The number of carboxylic acids is 1. The Balaban J connectivity index is 2.64. The van der Waals surface area contributed by atoms with Crippen LogP contribution in [0.5, 0.6) is 0 Å². The molecule has 0 radical (unpaired) electrons. The van der Waals surface area contributed by atoms with E-state index < -0.39 is 11.5 Å². The molecule has 1 fully saturated rings. The average Bonchev–Trinajstić information content (AvgIpc) is 3.02. The molecule has 1 atom stereocenters. The lowest BCUT2D eigenvalue weighted by molar-refractivity contribution is -0.149. The number of hydrogen-bond acceptors (Lipinski definition) is 3. The molecule has 0 amide bonds. The minimum Gasteiger partial charge on any atom is -0.480 e. The third kappa shape index (κ3) is 2.92. The van der Waals surface area contributed by atoms with Gasteiger partial charge in [0.05, 0.1) is 6.61 Å². The van der Waals surface area contributed by atoms with Gasteiger partial charge in [-0.25, -0.2) is 0 Å². The zero-order chi connectivity index (χ0) is 11.3. The Morgan fingerprint density at radius 2 is 2.20 bits per heavy atom. The van der Waals surface area contributed by atoms with Gasteiger partial charge in [0.25, 0.3) is 0 Å². The summed E-state index contributed by atoms with van der Waals surface area (Å²) in [4.78, 5) is 11.4. The van der Waals surface area contributed by atoms with Gasteiger partial charge in [-0.1, -0.05) is 6.92 Å². The summed E-state index contributed by atoms with van der Waals surface area (Å²) in [5, 5.41) is 12.5. The SMILES string of the molecule is CCCNC(COCC)(C(=O)O)C1CC1. The molecule has 0 aromatic rings. The third-order valence-electron chi connectivity index (χ3n) is 2.88. The van der Waals surface area contributed by atoms with Gasteiger partial charge in [-0.2, -0.15) is 0 Å². The summed E-state index contributed by atoms with van der Waals surface area (Å²) in [5.41, 5.74) is -0.841. The summed E-state index contributed by atoms with van der Waals surface area (Å²) in [6, 6.07) is 0. The van der Waals surface area contributed by atoms with E-state index in [2.05, 4.69) is 5.32 Å². The largest absolute Gasteiger partial charge is 0.480 e. The Morgan fingerprint density at radius 1 is 1.53 bits per heavy atom. The van der Waals surface area contributed by atoms with Crippen LogP contribution in [0.1, 0.15) is 33.1 Å². The zero-order valence-corrected chi connectivity index (χ0v) is 9.58. The van der Waals surface area contributed by atoms with Crippen LogP contribution in [-0.2, 0) is 9.53 Å². The maximum atomic E-state index is 11.4. The highest BCUT2D eigenvalue weighted by Crippen LogP contribution is 2.40. The minimum atomic E-state index is -0.841. The number of hydrogen-bond donors (Lipinski definition) is 2. The molecule has 1 rings (SSSR count). The van der Waals surface area contributed by atoms with Crippen LogP contribution in [-0.4, -0.2) is 36.4 Å². The number of carboxylic acid groups (broad SMARTS) is 1. The number of aliphatic carboxylic acids is 1. The summed E-state index contributed by atoms with van der Waals surface area (Å²) in [6.07, 6.45) is 2.93. The van der Waals surface area contributed by atoms with E-state index in [4.69, 9.17) is 4.74 Å². The lowest BCUT2D eigenvalue weighted by Crippen LogP contribution is -2.57. The van der Waals surface area contributed by atoms with Crippen LogP contribution in [0.3, 0.4) is 0 Å². The van der Waals surface area contributed by atoms with E-state index in [1.165, 1.54) is 0 Å². The fourth-order valence-electron chi connectivity index (χ4n) is 1.81. The molecule has 4 heteroatoms. The molecule has 0 heterocycles. The second kappa shape index (κ2) is 5.47. The molecule has 1 unspecified atom stereocenters. The summed E-state index contributed by atoms with van der Waals surface area (Å²) in [5.74, 6) is -0.528. The van der Waals surface area contributed by atoms with Crippen molar-refractivity contribution in [3.05, 3.63) is 0 Å². The van der Waals surface area contributed by atoms with Crippen LogP contribution in [0, 0.1) is 5.92 Å². The number of rotatable bonds is 8. The van der Waals surface area contributed by atoms with Gasteiger partial charge in [-0.3, -0.25) is 10.1 Å². The highest BCUT2D eigenvalue weighted by atomic mass is 16.5. The Kier molecular flexibility index (Phi) is 4.54. The number of ether oxygens (including phenoxy) is 1. The van der Waals surface area contributed by atoms with Gasteiger partial charge in [-0.15, -0.1) is 0 Å². The van der Waals surface area contributed by atoms with Crippen molar-refractivity contribution in [2.24, 2.45) is 5.92 Å². The topological polar surface area (TPSA) is 58.6 Å². The predicted octanol–water partition coefficient (Wildman–Crippen LogP) is 1.26. The van der Waals surface area contributed by atoms with Crippen LogP contribution in [0.25, 0.3) is 0 Å². The Morgan fingerprint density at radius 3 is 2.60 bits per heavy atom. The minimum absolute atomic E-state index is 0.244. The van der Waals surface area contributed by atoms with E-state index in [-0.39, 0.29) is 12.5 Å². The third-order valence-corrected chi connectivity index (χ3v) is 2.88. The monoisotopic (exact) mass is 215 g/mol. The number of carbonyl (C=O) groups is 1. The zero-order valence-electron chi connectivity index (χ0n) is 9.58. The van der Waals surface area contributed by atoms with Crippen molar-refractivity contribution >= 4 is 5.97 Å². The van der Waals surface area contributed by atoms with Gasteiger partial charge in [0.1, 0.15) is 5.54 Å². The van der Waals surface area contributed by atoms with Crippen LogP contribution < -0.4 is 5.32 Å². The molecule has 0 spiro atoms. The van der Waals surface area contributed by atoms with Crippen molar-refractivity contribution < 1.29 is 14.6 Å². The predicted molar refractivity (Wildman–Crippen MR) is 57.9 cm³/mol. The van der Waals surface area contributed by atoms with Crippen molar-refractivity contribution in [3.8, 4) is 0 Å². The molecular weight excluding hydrogens is 194 g/mol. The smallest absolute Gasteiger partial charge is 0.326 e. The van der Waals surface area contributed by atoms with Gasteiger partial charge in [0.15, 0.2) is 0 Å². The Hall–Kier alpha value is -0.610. The first-order chi connectivity index (χ1) is 7.17. The normalized spacial score (nSPS) is 19.9. The first-order valence-corrected chi connectivity index (χ1v) is 5.73. The van der Waals surface area contributed by atoms with Crippen molar-refractivity contribution in [3.63, 3.8) is 0 Å². The van der Waals surface area contributed by atoms with Crippen molar-refractivity contribution in [2.75, 3.05) is 19.8 Å². The first-order valence-electron chi connectivity index (χ1n) is 5.73. The van der Waals surface area contributed by atoms with Crippen molar-refractivity contribution in [1.29, 1.82) is 0 Å². The van der Waals surface area contributed by atoms with Gasteiger partial charge >= 0.3 is 5.97 Å². The van der Waals surface area contributed by atoms with Crippen LogP contribution in [0.15, 0.2) is 0 Å². The second-order valence-corrected chi connectivity index (χ2v) is 4.11. The maximum Gasteiger partial charge on any atom is 0.326 e. The summed E-state index contributed by atoms with van der Waals surface area (Å²) in [7, 11) is 0. The second-order valence-electron chi connectivity index (χ2n) is 4.11. The van der Waals surface area contributed by atoms with E-state index in [1.807, 2.05) is 13.8 Å². The lowest BCUT2D eigenvalue weighted by atomic mass is 9.94. The fraction of sp³-hybridized carbons (Fsp3) is 0.909. The highest BCUT2D eigenvalue weighted by molar-refractivity contribution is 5.80. The molecule has 1 aliphatic carbocycles. The molecule has 0 aromatic carbocycles. The summed E-state index contributed by atoms with van der Waals surface area (Å²) in [6.45, 7) is 5.50. The lowest BCUT2D eigenvalue weighted by Gasteiger charge is -2.30. The van der Waals surface area contributed by atoms with Crippen LogP contribution >= 0.6 is 0 Å². The van der Waals surface area contributed by atoms with Gasteiger partial charge in [0.2, 0.25) is 0 Å². The number of nitrogens with one attached hydrogen (secondary N) is 1. The Bertz CT molecular complexity index is 206. The molecule has 0 aliphatic heterocycles. The quantitative estimate of drug-likeness (QED) is 0.640. The fourth-order valence-corrected chi connectivity index (χ4v) is 1.81. The Labute approximate surface area is 91.0 Å². The van der Waals surface area contributed by atoms with Gasteiger partial charge < -0.3 is 9.84 Å². The highest BCUT2D eigenvalue weighted by Gasteiger charge is 2.51. The van der Waals surface area contributed by atoms with Gasteiger partial charge in [-0.05, 0) is 38.6 Å². The maximum absolute atomic E-state index is 11.4. The average molecular weight is 215 g/mol. The molecule has 4 nitrogen and oxygen atoms in total. The first kappa shape index (κ1) is 12.5. The summed E-state index contributed by atoms with van der Waals surface area (Å²) < 4.78 is 5.32. The molecule has 0 aromatic heterocycles. The molecule has 1 aliphatic rings. The van der Waals surface area contributed by atoms with E-state index in [9.17, 15) is 9.90 Å². The van der Waals surface area contributed by atoms with E-state index in [1.54, 1.807) is 0 Å². The van der Waals surface area contributed by atoms with E-state index in [0.717, 1.165) is 25.8 Å². The van der Waals surface area contributed by atoms with E-state index >= 15 is 0 Å². The molecule has 2 N–H and O–H groups in total. The van der Waals surface area contributed by atoms with E-state index in [0.29, 0.717) is 6.61 Å². The van der Waals surface area contributed by atoms with Crippen LogP contribution in [0.2, 0.25) is 0 Å². The molecular formula is C11H21NO3. The molecule has 88 valence electrons. The molecule has 0 bridgehead atoms. The van der Waals surface area contributed by atoms with Crippen LogP contribution in [0.4, 0.5) is 0 Å². The standard InChI is InChI=1S/C11H21NO3/c1-3-7-12-11(10(13)14,8-15-4-2)9-5-6-9/h9,12H,3-8H2,1-2H3,(H,13,14). The molecule has 15 heavy (non-hydrogen) atoms. The van der Waals surface area contributed by atoms with Gasteiger partial charge in [0, 0.05) is 6.61 Å².